The van der Waals surface area contributed by atoms with Gasteiger partial charge < -0.3 is 10.1 Å². The Hall–Kier alpha value is -2.88. The number of fused-ring (bicyclic) bond motifs is 1. The number of carbonyl (C=O) groups is 2. The van der Waals surface area contributed by atoms with Gasteiger partial charge in [0, 0.05) is 16.8 Å². The number of rotatable bonds is 3. The summed E-state index contributed by atoms with van der Waals surface area (Å²) < 4.78 is 5.38. The maximum atomic E-state index is 12.3. The zero-order chi connectivity index (χ0) is 17.4. The van der Waals surface area contributed by atoms with E-state index in [0.29, 0.717) is 17.0 Å². The smallest absolute Gasteiger partial charge is 0.323 e. The number of esters is 1. The van der Waals surface area contributed by atoms with Gasteiger partial charge in [-0.1, -0.05) is 24.8 Å². The fraction of sp³-hybridized carbons (Fsp3) is 0.200. The maximum Gasteiger partial charge on any atom is 0.323 e. The van der Waals surface area contributed by atoms with Crippen LogP contribution in [0.4, 0.5) is 5.69 Å². The van der Waals surface area contributed by atoms with E-state index >= 15 is 0 Å². The molecule has 4 heteroatoms. The highest BCUT2D eigenvalue weighted by Crippen LogP contribution is 2.40. The molecular formula is C20H19NO3. The van der Waals surface area contributed by atoms with Gasteiger partial charge in [-0.2, -0.15) is 0 Å². The molecule has 2 aromatic rings. The normalized spacial score (nSPS) is 15.6. The van der Waals surface area contributed by atoms with Crippen LogP contribution in [0.3, 0.4) is 0 Å². The lowest BCUT2D eigenvalue weighted by atomic mass is 9.90. The fourth-order valence-corrected chi connectivity index (χ4v) is 2.74. The first-order chi connectivity index (χ1) is 11.4. The largest absolute Gasteiger partial charge is 0.425 e. The molecule has 1 atom stereocenters. The van der Waals surface area contributed by atoms with Crippen molar-refractivity contribution in [1.29, 1.82) is 0 Å². The van der Waals surface area contributed by atoms with Gasteiger partial charge in [0.25, 0.3) is 5.91 Å². The Labute approximate surface area is 141 Å². The molecule has 1 aliphatic rings. The van der Waals surface area contributed by atoms with E-state index in [1.807, 2.05) is 32.0 Å². The summed E-state index contributed by atoms with van der Waals surface area (Å²) in [7, 11) is 0. The minimum absolute atomic E-state index is 0.247. The Kier molecular flexibility index (Phi) is 3.97. The number of amides is 1. The molecule has 0 spiro atoms. The van der Waals surface area contributed by atoms with Gasteiger partial charge >= 0.3 is 5.97 Å². The van der Waals surface area contributed by atoms with E-state index in [1.54, 1.807) is 25.1 Å². The number of aryl methyl sites for hydroxylation is 2. The lowest BCUT2D eigenvalue weighted by Crippen LogP contribution is -2.13. The lowest BCUT2D eigenvalue weighted by molar-refractivity contribution is -0.133. The summed E-state index contributed by atoms with van der Waals surface area (Å²) in [5.74, 6) is -0.475. The standard InChI is InChI=1S/C20H19NO3/c1-11(2)19(22)21-15-7-8-17-16(10-15)18(20(23)24-17)14-6-5-12(3)13(4)9-14/h5-10,18H,1H2,2-4H3,(H,21,22). The third-order valence-electron chi connectivity index (χ3n) is 4.28. The summed E-state index contributed by atoms with van der Waals surface area (Å²) in [6, 6.07) is 11.2. The van der Waals surface area contributed by atoms with Crippen molar-refractivity contribution in [3.05, 3.63) is 70.8 Å². The molecule has 1 N–H and O–H groups in total. The number of hydrogen-bond donors (Lipinski definition) is 1. The SMILES string of the molecule is C=C(C)C(=O)Nc1ccc2c(c1)C(c1ccc(C)c(C)c1)C(=O)O2. The van der Waals surface area contributed by atoms with E-state index in [1.165, 1.54) is 5.56 Å². The average molecular weight is 321 g/mol. The molecule has 1 unspecified atom stereocenters. The third-order valence-corrected chi connectivity index (χ3v) is 4.28. The fourth-order valence-electron chi connectivity index (χ4n) is 2.74. The molecule has 0 saturated carbocycles. The molecule has 0 fully saturated rings. The summed E-state index contributed by atoms with van der Waals surface area (Å²) in [5.41, 5.74) is 5.00. The predicted octanol–water partition coefficient (Wildman–Crippen LogP) is 3.87. The molecular weight excluding hydrogens is 302 g/mol. The van der Waals surface area contributed by atoms with Crippen LogP contribution in [0.5, 0.6) is 5.75 Å². The highest BCUT2D eigenvalue weighted by atomic mass is 16.5. The van der Waals surface area contributed by atoms with Crippen LogP contribution >= 0.6 is 0 Å². The van der Waals surface area contributed by atoms with Crippen LogP contribution in [-0.4, -0.2) is 11.9 Å². The molecule has 0 aromatic heterocycles. The monoisotopic (exact) mass is 321 g/mol. The van der Waals surface area contributed by atoms with Crippen molar-refractivity contribution in [1.82, 2.24) is 0 Å². The van der Waals surface area contributed by atoms with Crippen LogP contribution in [-0.2, 0) is 9.59 Å². The molecule has 0 saturated heterocycles. The van der Waals surface area contributed by atoms with Crippen molar-refractivity contribution in [2.75, 3.05) is 5.32 Å². The molecule has 0 bridgehead atoms. The second-order valence-electron chi connectivity index (χ2n) is 6.18. The Bertz CT molecular complexity index is 867. The minimum atomic E-state index is -0.471. The topological polar surface area (TPSA) is 55.4 Å². The number of benzene rings is 2. The van der Waals surface area contributed by atoms with Crippen LogP contribution in [0.2, 0.25) is 0 Å². The lowest BCUT2D eigenvalue weighted by Gasteiger charge is -2.11. The zero-order valence-electron chi connectivity index (χ0n) is 14.0. The number of hydrogen-bond acceptors (Lipinski definition) is 3. The van der Waals surface area contributed by atoms with Gasteiger partial charge in [0.05, 0.1) is 0 Å². The summed E-state index contributed by atoms with van der Waals surface area (Å²) in [6.45, 7) is 9.32. The first kappa shape index (κ1) is 16.0. The van der Waals surface area contributed by atoms with Crippen LogP contribution in [0.1, 0.15) is 35.1 Å². The quantitative estimate of drug-likeness (QED) is 0.530. The van der Waals surface area contributed by atoms with Crippen molar-refractivity contribution in [2.24, 2.45) is 0 Å². The van der Waals surface area contributed by atoms with Crippen LogP contribution < -0.4 is 10.1 Å². The Morgan fingerprint density at radius 1 is 1.12 bits per heavy atom. The molecule has 24 heavy (non-hydrogen) atoms. The zero-order valence-corrected chi connectivity index (χ0v) is 14.0. The Morgan fingerprint density at radius 3 is 2.54 bits per heavy atom. The molecule has 1 aliphatic heterocycles. The van der Waals surface area contributed by atoms with Gasteiger partial charge in [0.2, 0.25) is 0 Å². The van der Waals surface area contributed by atoms with Gasteiger partial charge in [-0.3, -0.25) is 9.59 Å². The van der Waals surface area contributed by atoms with Crippen molar-refractivity contribution >= 4 is 17.6 Å². The van der Waals surface area contributed by atoms with E-state index in [2.05, 4.69) is 11.9 Å². The molecule has 1 heterocycles. The molecule has 4 nitrogen and oxygen atoms in total. The number of ether oxygens (including phenoxy) is 1. The van der Waals surface area contributed by atoms with Crippen molar-refractivity contribution in [3.8, 4) is 5.75 Å². The molecule has 1 amide bonds. The number of anilines is 1. The van der Waals surface area contributed by atoms with Crippen LogP contribution in [0, 0.1) is 13.8 Å². The molecule has 2 aromatic carbocycles. The van der Waals surface area contributed by atoms with Crippen molar-refractivity contribution in [2.45, 2.75) is 26.7 Å². The van der Waals surface area contributed by atoms with Crippen LogP contribution in [0.25, 0.3) is 0 Å². The van der Waals surface area contributed by atoms with Crippen LogP contribution in [0.15, 0.2) is 48.6 Å². The van der Waals surface area contributed by atoms with Gasteiger partial charge in [0.15, 0.2) is 0 Å². The average Bonchev–Trinajstić information content (AvgIpc) is 2.85. The van der Waals surface area contributed by atoms with E-state index in [0.717, 1.165) is 16.7 Å². The summed E-state index contributed by atoms with van der Waals surface area (Å²) in [6.07, 6.45) is 0. The summed E-state index contributed by atoms with van der Waals surface area (Å²) >= 11 is 0. The summed E-state index contributed by atoms with van der Waals surface area (Å²) in [4.78, 5) is 24.1. The van der Waals surface area contributed by atoms with Crippen molar-refractivity contribution in [3.63, 3.8) is 0 Å². The maximum absolute atomic E-state index is 12.3. The van der Waals surface area contributed by atoms with Gasteiger partial charge in [-0.25, -0.2) is 0 Å². The van der Waals surface area contributed by atoms with E-state index < -0.39 is 5.92 Å². The molecule has 0 radical (unpaired) electrons. The highest BCUT2D eigenvalue weighted by Gasteiger charge is 2.34. The first-order valence-corrected chi connectivity index (χ1v) is 7.76. The van der Waals surface area contributed by atoms with E-state index in [-0.39, 0.29) is 11.9 Å². The Morgan fingerprint density at radius 2 is 1.88 bits per heavy atom. The summed E-state index contributed by atoms with van der Waals surface area (Å²) in [5, 5.41) is 2.77. The van der Waals surface area contributed by atoms with E-state index in [4.69, 9.17) is 4.74 Å². The highest BCUT2D eigenvalue weighted by molar-refractivity contribution is 6.03. The Balaban J connectivity index is 2.00. The predicted molar refractivity (Wildman–Crippen MR) is 93.3 cm³/mol. The third kappa shape index (κ3) is 2.83. The van der Waals surface area contributed by atoms with Gasteiger partial charge in [-0.05, 0) is 55.7 Å². The molecule has 3 rings (SSSR count). The number of nitrogens with one attached hydrogen (secondary N) is 1. The second-order valence-corrected chi connectivity index (χ2v) is 6.18. The van der Waals surface area contributed by atoms with Gasteiger partial charge in [0.1, 0.15) is 11.7 Å². The minimum Gasteiger partial charge on any atom is -0.425 e. The second kappa shape index (κ2) is 5.96. The number of carbonyl (C=O) groups excluding carboxylic acids is 2. The first-order valence-electron chi connectivity index (χ1n) is 7.76. The van der Waals surface area contributed by atoms with Gasteiger partial charge in [-0.15, -0.1) is 0 Å². The molecule has 122 valence electrons. The van der Waals surface area contributed by atoms with Crippen molar-refractivity contribution < 1.29 is 14.3 Å². The van der Waals surface area contributed by atoms with E-state index in [9.17, 15) is 9.59 Å². The molecule has 0 aliphatic carbocycles.